The zero-order valence-corrected chi connectivity index (χ0v) is 10.9. The molecule has 18 heavy (non-hydrogen) atoms. The Kier molecular flexibility index (Phi) is 5.06. The van der Waals surface area contributed by atoms with Crippen molar-refractivity contribution < 1.29 is 9.72 Å². The Labute approximate surface area is 110 Å². The summed E-state index contributed by atoms with van der Waals surface area (Å²) in [6, 6.07) is 4.26. The molecule has 1 aromatic carbocycles. The van der Waals surface area contributed by atoms with E-state index in [1.54, 1.807) is 20.2 Å². The Morgan fingerprint density at radius 3 is 2.67 bits per heavy atom. The number of halogens is 1. The Morgan fingerprint density at radius 2 is 2.17 bits per heavy atom. The summed E-state index contributed by atoms with van der Waals surface area (Å²) in [6.45, 7) is 0.580. The average Bonchev–Trinajstić information content (AvgIpc) is 2.30. The van der Waals surface area contributed by atoms with Gasteiger partial charge in [0, 0.05) is 32.8 Å². The van der Waals surface area contributed by atoms with Crippen molar-refractivity contribution >= 4 is 23.2 Å². The lowest BCUT2D eigenvalue weighted by Crippen LogP contribution is -2.32. The fraction of sp³-hybridized carbons (Fsp3) is 0.364. The molecular formula is C11H14ClN3O3. The van der Waals surface area contributed by atoms with E-state index in [9.17, 15) is 14.9 Å². The van der Waals surface area contributed by atoms with Crippen molar-refractivity contribution in [3.63, 3.8) is 0 Å². The predicted octanol–water partition coefficient (Wildman–Crippen LogP) is 1.43. The van der Waals surface area contributed by atoms with E-state index in [4.69, 9.17) is 11.6 Å². The lowest BCUT2D eigenvalue weighted by atomic mass is 10.2. The molecule has 0 aliphatic carbocycles. The van der Waals surface area contributed by atoms with Crippen molar-refractivity contribution in [1.82, 2.24) is 10.2 Å². The van der Waals surface area contributed by atoms with Gasteiger partial charge in [0.05, 0.1) is 16.5 Å². The Bertz CT molecular complexity index is 463. The molecule has 0 heterocycles. The van der Waals surface area contributed by atoms with E-state index in [1.807, 2.05) is 0 Å². The maximum Gasteiger partial charge on any atom is 0.270 e. The third kappa shape index (κ3) is 3.97. The van der Waals surface area contributed by atoms with Gasteiger partial charge in [0.1, 0.15) is 0 Å². The highest BCUT2D eigenvalue weighted by atomic mass is 35.5. The van der Waals surface area contributed by atoms with Gasteiger partial charge in [-0.3, -0.25) is 14.9 Å². The minimum absolute atomic E-state index is 0.0480. The van der Waals surface area contributed by atoms with Crippen LogP contribution in [0.2, 0.25) is 5.02 Å². The first-order valence-corrected chi connectivity index (χ1v) is 5.63. The number of nitrogens with one attached hydrogen (secondary N) is 1. The molecule has 1 aromatic rings. The molecule has 0 fully saturated rings. The maximum atomic E-state index is 11.3. The highest BCUT2D eigenvalue weighted by Gasteiger charge is 2.09. The quantitative estimate of drug-likeness (QED) is 0.649. The molecule has 0 aromatic heterocycles. The predicted molar refractivity (Wildman–Crippen MR) is 68.5 cm³/mol. The number of nitrogens with zero attached hydrogens (tertiary/aromatic N) is 2. The van der Waals surface area contributed by atoms with Crippen LogP contribution in [-0.2, 0) is 11.3 Å². The first kappa shape index (κ1) is 14.4. The zero-order valence-electron chi connectivity index (χ0n) is 10.1. The molecule has 0 aliphatic rings. The number of nitro benzene ring substituents is 1. The van der Waals surface area contributed by atoms with Gasteiger partial charge in [-0.15, -0.1) is 0 Å². The van der Waals surface area contributed by atoms with Gasteiger partial charge in [0.25, 0.3) is 5.69 Å². The number of hydrogen-bond acceptors (Lipinski definition) is 4. The molecule has 6 nitrogen and oxygen atoms in total. The van der Waals surface area contributed by atoms with Gasteiger partial charge in [-0.1, -0.05) is 11.6 Å². The lowest BCUT2D eigenvalue weighted by Gasteiger charge is -2.11. The first-order valence-electron chi connectivity index (χ1n) is 5.25. The Balaban J connectivity index is 2.58. The third-order valence-electron chi connectivity index (χ3n) is 2.34. The number of rotatable bonds is 5. The molecule has 1 amide bonds. The fourth-order valence-corrected chi connectivity index (χ4v) is 1.50. The van der Waals surface area contributed by atoms with E-state index in [1.165, 1.54) is 17.0 Å². The van der Waals surface area contributed by atoms with E-state index in [2.05, 4.69) is 5.32 Å². The van der Waals surface area contributed by atoms with Crippen molar-refractivity contribution in [2.75, 3.05) is 20.6 Å². The smallest absolute Gasteiger partial charge is 0.270 e. The van der Waals surface area contributed by atoms with Gasteiger partial charge in [-0.25, -0.2) is 0 Å². The number of non-ortho nitro benzene ring substituents is 1. The SMILES string of the molecule is CN(C)C(=O)CNCc1ccc([N+](=O)[O-])cc1Cl. The summed E-state index contributed by atoms with van der Waals surface area (Å²) in [6.07, 6.45) is 0. The number of carbonyl (C=O) groups excluding carboxylic acids is 1. The van der Waals surface area contributed by atoms with Crippen LogP contribution < -0.4 is 5.32 Å². The minimum Gasteiger partial charge on any atom is -0.348 e. The highest BCUT2D eigenvalue weighted by molar-refractivity contribution is 6.31. The molecule has 0 saturated heterocycles. The number of likely N-dealkylation sites (N-methyl/N-ethyl adjacent to an activating group) is 1. The van der Waals surface area contributed by atoms with Crippen LogP contribution >= 0.6 is 11.6 Å². The second-order valence-corrected chi connectivity index (χ2v) is 4.33. The third-order valence-corrected chi connectivity index (χ3v) is 2.69. The van der Waals surface area contributed by atoms with E-state index >= 15 is 0 Å². The molecule has 0 unspecified atom stereocenters. The molecule has 0 radical (unpaired) electrons. The molecule has 0 aliphatic heterocycles. The molecule has 1 rings (SSSR count). The van der Waals surface area contributed by atoms with E-state index in [0.717, 1.165) is 0 Å². The minimum atomic E-state index is -0.501. The van der Waals surface area contributed by atoms with Crippen LogP contribution in [0.15, 0.2) is 18.2 Å². The summed E-state index contributed by atoms with van der Waals surface area (Å²) >= 11 is 5.91. The molecule has 0 spiro atoms. The van der Waals surface area contributed by atoms with Crippen molar-refractivity contribution in [2.45, 2.75) is 6.54 Å². The van der Waals surface area contributed by atoms with Crippen LogP contribution in [0.4, 0.5) is 5.69 Å². The number of carbonyl (C=O) groups is 1. The maximum absolute atomic E-state index is 11.3. The normalized spacial score (nSPS) is 10.2. The lowest BCUT2D eigenvalue weighted by molar-refractivity contribution is -0.384. The van der Waals surface area contributed by atoms with E-state index in [-0.39, 0.29) is 18.1 Å². The Hall–Kier alpha value is -1.66. The topological polar surface area (TPSA) is 75.5 Å². The summed E-state index contributed by atoms with van der Waals surface area (Å²) < 4.78 is 0. The van der Waals surface area contributed by atoms with Crippen LogP contribution in [0.1, 0.15) is 5.56 Å². The molecule has 0 bridgehead atoms. The largest absolute Gasteiger partial charge is 0.348 e. The van der Waals surface area contributed by atoms with Crippen LogP contribution in [0.5, 0.6) is 0 Å². The monoisotopic (exact) mass is 271 g/mol. The summed E-state index contributed by atoms with van der Waals surface area (Å²) in [5, 5.41) is 13.8. The average molecular weight is 272 g/mol. The fourth-order valence-electron chi connectivity index (χ4n) is 1.26. The van der Waals surface area contributed by atoms with Crippen molar-refractivity contribution in [3.8, 4) is 0 Å². The highest BCUT2D eigenvalue weighted by Crippen LogP contribution is 2.22. The summed E-state index contributed by atoms with van der Waals surface area (Å²) in [4.78, 5) is 22.8. The molecule has 7 heteroatoms. The number of benzene rings is 1. The van der Waals surface area contributed by atoms with Gasteiger partial charge in [0.2, 0.25) is 5.91 Å². The summed E-state index contributed by atoms with van der Waals surface area (Å²) in [5.41, 5.74) is 0.668. The molecule has 1 N–H and O–H groups in total. The van der Waals surface area contributed by atoms with Gasteiger partial charge in [-0.05, 0) is 11.6 Å². The standard InChI is InChI=1S/C11H14ClN3O3/c1-14(2)11(16)7-13-6-8-3-4-9(15(17)18)5-10(8)12/h3-5,13H,6-7H2,1-2H3. The van der Waals surface area contributed by atoms with Crippen molar-refractivity contribution in [3.05, 3.63) is 38.9 Å². The molecule has 98 valence electrons. The van der Waals surface area contributed by atoms with Gasteiger partial charge in [-0.2, -0.15) is 0 Å². The number of amides is 1. The Morgan fingerprint density at radius 1 is 1.50 bits per heavy atom. The molecule has 0 atom stereocenters. The van der Waals surface area contributed by atoms with Gasteiger partial charge < -0.3 is 10.2 Å². The van der Waals surface area contributed by atoms with Crippen LogP contribution in [0, 0.1) is 10.1 Å². The van der Waals surface area contributed by atoms with E-state index in [0.29, 0.717) is 17.1 Å². The number of nitro groups is 1. The van der Waals surface area contributed by atoms with Crippen LogP contribution in [0.3, 0.4) is 0 Å². The second-order valence-electron chi connectivity index (χ2n) is 3.92. The zero-order chi connectivity index (χ0) is 13.7. The molecule has 0 saturated carbocycles. The van der Waals surface area contributed by atoms with Gasteiger partial charge in [0.15, 0.2) is 0 Å². The summed E-state index contributed by atoms with van der Waals surface area (Å²) in [7, 11) is 3.34. The second kappa shape index (κ2) is 6.32. The summed E-state index contributed by atoms with van der Waals surface area (Å²) in [5.74, 6) is -0.0481. The van der Waals surface area contributed by atoms with Crippen LogP contribution in [0.25, 0.3) is 0 Å². The van der Waals surface area contributed by atoms with Crippen LogP contribution in [-0.4, -0.2) is 36.4 Å². The molecular weight excluding hydrogens is 258 g/mol. The van der Waals surface area contributed by atoms with Gasteiger partial charge >= 0.3 is 0 Å². The number of hydrogen-bond donors (Lipinski definition) is 1. The van der Waals surface area contributed by atoms with Crippen molar-refractivity contribution in [2.24, 2.45) is 0 Å². The first-order chi connectivity index (χ1) is 8.41. The van der Waals surface area contributed by atoms with Crippen molar-refractivity contribution in [1.29, 1.82) is 0 Å². The van der Waals surface area contributed by atoms with E-state index < -0.39 is 4.92 Å².